The molecule has 3 amide bonds. The van der Waals surface area contributed by atoms with E-state index in [1.807, 2.05) is 93.6 Å². The maximum absolute atomic E-state index is 14.6. The van der Waals surface area contributed by atoms with Crippen molar-refractivity contribution in [3.05, 3.63) is 116 Å². The van der Waals surface area contributed by atoms with E-state index in [-0.39, 0.29) is 26.6 Å². The second-order valence-electron chi connectivity index (χ2n) is 14.4. The van der Waals surface area contributed by atoms with Gasteiger partial charge in [-0.1, -0.05) is 101 Å². The van der Waals surface area contributed by atoms with Crippen molar-refractivity contribution in [2.45, 2.75) is 68.0 Å². The molecule has 2 aliphatic rings. The van der Waals surface area contributed by atoms with Gasteiger partial charge in [0.1, 0.15) is 34.5 Å². The number of hydrogen-bond donors (Lipinski definition) is 2. The molecule has 0 radical (unpaired) electrons. The molecule has 310 valence electrons. The molecule has 18 heteroatoms. The Morgan fingerprint density at radius 1 is 1.08 bits per heavy atom. The summed E-state index contributed by atoms with van der Waals surface area (Å²) in [5.74, 6) is -0.770. The van der Waals surface area contributed by atoms with Crippen LogP contribution in [0.1, 0.15) is 62.2 Å². The van der Waals surface area contributed by atoms with E-state index in [1.165, 1.54) is 23.8 Å². The third-order valence-electron chi connectivity index (χ3n) is 9.12. The summed E-state index contributed by atoms with van der Waals surface area (Å²) >= 11 is 10.2. The molecule has 0 aliphatic carbocycles. The SMILES string of the molecule is CO/N=C(\C(=O)N[C@@H]1C(=O)N2C(C(=O)OC(c3ccccc3)c3ccccc3)=C(Sc3cccnc3CSCCN(C)C(=O)OC(C)(C)C)CC[C@H]12)c1nc(N)sc1Cl. The average molecular weight is 878 g/mol. The lowest BCUT2D eigenvalue weighted by Crippen LogP contribution is -2.72. The molecule has 0 unspecified atom stereocenters. The van der Waals surface area contributed by atoms with Crippen LogP contribution in [0.3, 0.4) is 0 Å². The predicted octanol–water partition coefficient (Wildman–Crippen LogP) is 7.05. The molecule has 2 atom stereocenters. The molecule has 4 aromatic rings. The number of nitrogens with zero attached hydrogens (tertiary/aromatic N) is 5. The number of carbonyl (C=O) groups is 4. The number of benzene rings is 2. The van der Waals surface area contributed by atoms with E-state index in [0.29, 0.717) is 35.8 Å². The Morgan fingerprint density at radius 2 is 1.76 bits per heavy atom. The lowest BCUT2D eigenvalue weighted by atomic mass is 9.86. The number of rotatable bonds is 15. The van der Waals surface area contributed by atoms with Crippen LogP contribution in [-0.2, 0) is 34.4 Å². The Labute approximate surface area is 359 Å². The number of β-lactam (4-membered cyclic amide) rings is 1. The highest BCUT2D eigenvalue weighted by atomic mass is 35.5. The molecule has 0 saturated carbocycles. The van der Waals surface area contributed by atoms with Gasteiger partial charge in [0.15, 0.2) is 16.9 Å². The summed E-state index contributed by atoms with van der Waals surface area (Å²) in [6.07, 6.45) is 1.36. The number of aromatic nitrogens is 2. The summed E-state index contributed by atoms with van der Waals surface area (Å²) in [4.78, 5) is 72.9. The monoisotopic (exact) mass is 877 g/mol. The van der Waals surface area contributed by atoms with Gasteiger partial charge in [0.05, 0.1) is 11.7 Å². The van der Waals surface area contributed by atoms with Gasteiger partial charge < -0.3 is 30.3 Å². The standard InChI is InChI=1S/C41H44ClN7O7S3/c1-41(2,3)56-40(53)48(4)21-22-57-23-26-28(17-12-20-44-26)58-29-19-18-27-30(45-36(50)32(47-54-5)31-35(42)59-39(43)46-31)37(51)49(27)33(29)38(52)55-34(24-13-8-6-9-14-24)25-15-10-7-11-16-25/h6-17,20,27,30,34H,18-19,21-23H2,1-5H3,(H2,43,46)(H,45,50)/b47-32-/t27-,30+/m1/s1. The first-order valence-corrected chi connectivity index (χ1v) is 21.8. The Kier molecular flexibility index (Phi) is 14.2. The number of fused-ring (bicyclic) bond motifs is 1. The fourth-order valence-electron chi connectivity index (χ4n) is 6.38. The molecule has 1 fully saturated rings. The first kappa shape index (κ1) is 43.5. The number of thioether (sulfide) groups is 2. The lowest BCUT2D eigenvalue weighted by Gasteiger charge is -2.50. The average Bonchev–Trinajstić information content (AvgIpc) is 3.56. The third kappa shape index (κ3) is 10.6. The number of amides is 3. The number of oxime groups is 1. The zero-order valence-corrected chi connectivity index (χ0v) is 36.3. The van der Waals surface area contributed by atoms with E-state index < -0.39 is 47.7 Å². The zero-order valence-electron chi connectivity index (χ0n) is 33.0. The van der Waals surface area contributed by atoms with Gasteiger partial charge in [0.25, 0.3) is 11.8 Å². The number of nitrogens with one attached hydrogen (secondary N) is 1. The second-order valence-corrected chi connectivity index (χ2v) is 18.3. The quantitative estimate of drug-likeness (QED) is 0.0410. The van der Waals surface area contributed by atoms with Crippen LogP contribution < -0.4 is 11.1 Å². The van der Waals surface area contributed by atoms with Crippen LogP contribution in [0.25, 0.3) is 0 Å². The molecule has 6 rings (SSSR count). The highest BCUT2D eigenvalue weighted by Crippen LogP contribution is 2.45. The summed E-state index contributed by atoms with van der Waals surface area (Å²) in [5.41, 5.74) is 7.40. The van der Waals surface area contributed by atoms with Crippen molar-refractivity contribution in [2.75, 3.05) is 32.2 Å². The number of hydrogen-bond acceptors (Lipinski definition) is 14. The lowest BCUT2D eigenvalue weighted by molar-refractivity contribution is -0.158. The van der Waals surface area contributed by atoms with Gasteiger partial charge in [-0.15, -0.1) is 0 Å². The maximum atomic E-state index is 14.6. The highest BCUT2D eigenvalue weighted by Gasteiger charge is 2.54. The molecule has 0 spiro atoms. The molecular weight excluding hydrogens is 834 g/mol. The van der Waals surface area contributed by atoms with Gasteiger partial charge in [-0.2, -0.15) is 11.8 Å². The summed E-state index contributed by atoms with van der Waals surface area (Å²) in [7, 11) is 2.97. The second kappa shape index (κ2) is 19.3. The number of nitrogens with two attached hydrogens (primary N) is 1. The largest absolute Gasteiger partial charge is 0.448 e. The zero-order chi connectivity index (χ0) is 42.3. The van der Waals surface area contributed by atoms with Crippen molar-refractivity contribution in [1.29, 1.82) is 0 Å². The number of esters is 1. The van der Waals surface area contributed by atoms with E-state index >= 15 is 0 Å². The number of allylic oxidation sites excluding steroid dienone is 1. The number of pyridine rings is 1. The molecule has 2 aliphatic heterocycles. The number of nitrogen functional groups attached to an aromatic ring is 1. The van der Waals surface area contributed by atoms with Gasteiger partial charge >= 0.3 is 12.1 Å². The molecular formula is C41H44ClN7O7S3. The first-order valence-electron chi connectivity index (χ1n) is 18.6. The van der Waals surface area contributed by atoms with Crippen LogP contribution in [0.15, 0.2) is 99.6 Å². The van der Waals surface area contributed by atoms with Crippen molar-refractivity contribution in [3.63, 3.8) is 0 Å². The van der Waals surface area contributed by atoms with Gasteiger partial charge in [0, 0.05) is 41.1 Å². The predicted molar refractivity (Wildman–Crippen MR) is 230 cm³/mol. The van der Waals surface area contributed by atoms with Crippen LogP contribution in [-0.4, -0.2) is 93.5 Å². The Balaban J connectivity index is 1.27. The van der Waals surface area contributed by atoms with Crippen molar-refractivity contribution >= 4 is 81.2 Å². The minimum atomic E-state index is -0.989. The Bertz CT molecular complexity index is 2190. The minimum Gasteiger partial charge on any atom is -0.448 e. The highest BCUT2D eigenvalue weighted by molar-refractivity contribution is 8.03. The van der Waals surface area contributed by atoms with Gasteiger partial charge in [0.2, 0.25) is 0 Å². The van der Waals surface area contributed by atoms with E-state index in [0.717, 1.165) is 33.1 Å². The molecule has 4 heterocycles. The van der Waals surface area contributed by atoms with E-state index in [9.17, 15) is 19.2 Å². The van der Waals surface area contributed by atoms with Crippen molar-refractivity contribution in [1.82, 2.24) is 25.1 Å². The summed E-state index contributed by atoms with van der Waals surface area (Å²) < 4.78 is 12.0. The molecule has 1 saturated heterocycles. The van der Waals surface area contributed by atoms with Gasteiger partial charge in [-0.25, -0.2) is 14.6 Å². The van der Waals surface area contributed by atoms with E-state index in [2.05, 4.69) is 20.4 Å². The van der Waals surface area contributed by atoms with Crippen LogP contribution in [0.5, 0.6) is 0 Å². The van der Waals surface area contributed by atoms with E-state index in [4.69, 9.17) is 31.6 Å². The van der Waals surface area contributed by atoms with Crippen molar-refractivity contribution in [2.24, 2.45) is 5.16 Å². The van der Waals surface area contributed by atoms with Gasteiger partial charge in [-0.05, 0) is 56.9 Å². The first-order chi connectivity index (χ1) is 28.3. The van der Waals surface area contributed by atoms with E-state index in [1.54, 1.807) is 29.9 Å². The van der Waals surface area contributed by atoms with Crippen LogP contribution in [0, 0.1) is 0 Å². The normalized spacial score (nSPS) is 16.6. The number of ether oxygens (including phenoxy) is 2. The Morgan fingerprint density at radius 3 is 2.37 bits per heavy atom. The molecule has 59 heavy (non-hydrogen) atoms. The topological polar surface area (TPSA) is 179 Å². The molecule has 14 nitrogen and oxygen atoms in total. The molecule has 0 bridgehead atoms. The third-order valence-corrected chi connectivity index (χ3v) is 12.4. The summed E-state index contributed by atoms with van der Waals surface area (Å²) in [5, 5.41) is 6.72. The molecule has 2 aromatic heterocycles. The number of halogens is 1. The summed E-state index contributed by atoms with van der Waals surface area (Å²) in [6.45, 7) is 5.95. The summed E-state index contributed by atoms with van der Waals surface area (Å²) in [6, 6.07) is 20.9. The van der Waals surface area contributed by atoms with Crippen LogP contribution in [0.2, 0.25) is 4.34 Å². The smallest absolute Gasteiger partial charge is 0.410 e. The Hall–Kier alpha value is -5.10. The number of thiazole rings is 1. The number of anilines is 1. The van der Waals surface area contributed by atoms with Crippen LogP contribution >= 0.6 is 46.5 Å². The van der Waals surface area contributed by atoms with Gasteiger partial charge in [-0.3, -0.25) is 19.5 Å². The maximum Gasteiger partial charge on any atom is 0.410 e. The minimum absolute atomic E-state index is 0.0250. The van der Waals surface area contributed by atoms with Crippen molar-refractivity contribution in [3.8, 4) is 0 Å². The fourth-order valence-corrected chi connectivity index (χ4v) is 9.52. The molecule has 2 aromatic carbocycles. The molecule has 3 N–H and O–H groups in total. The van der Waals surface area contributed by atoms with Crippen LogP contribution in [0.4, 0.5) is 9.93 Å². The number of carbonyl (C=O) groups excluding carboxylic acids is 4. The fraction of sp³-hybridized carbons (Fsp3) is 0.341. The van der Waals surface area contributed by atoms with Crippen molar-refractivity contribution < 1.29 is 33.5 Å².